The summed E-state index contributed by atoms with van der Waals surface area (Å²) in [6.07, 6.45) is 0. The normalized spacial score (nSPS) is 11.1. The van der Waals surface area contributed by atoms with Crippen molar-refractivity contribution in [2.24, 2.45) is 0 Å². The fraction of sp³-hybridized carbons (Fsp3) is 0.208. The zero-order chi connectivity index (χ0) is 22.6. The van der Waals surface area contributed by atoms with Crippen LogP contribution in [0.25, 0.3) is 0 Å². The molecule has 0 atom stereocenters. The predicted octanol–water partition coefficient (Wildman–Crippen LogP) is 4.39. The molecule has 0 aliphatic rings. The van der Waals surface area contributed by atoms with Crippen molar-refractivity contribution in [1.82, 2.24) is 4.90 Å². The van der Waals surface area contributed by atoms with Gasteiger partial charge in [0.25, 0.3) is 15.9 Å². The molecule has 0 spiro atoms. The highest BCUT2D eigenvalue weighted by molar-refractivity contribution is 7.92. The Bertz CT molecular complexity index is 1190. The molecule has 0 saturated carbocycles. The van der Waals surface area contributed by atoms with E-state index in [1.54, 1.807) is 38.4 Å². The first-order chi connectivity index (χ1) is 14.7. The molecule has 7 heteroatoms. The van der Waals surface area contributed by atoms with Gasteiger partial charge in [-0.2, -0.15) is 0 Å². The molecule has 1 amide bonds. The Morgan fingerprint density at radius 2 is 1.65 bits per heavy atom. The molecule has 1 N–H and O–H groups in total. The molecule has 0 aliphatic heterocycles. The van der Waals surface area contributed by atoms with Gasteiger partial charge in [-0.3, -0.25) is 9.52 Å². The molecule has 3 aromatic rings. The molecule has 0 fully saturated rings. The first-order valence-corrected chi connectivity index (χ1v) is 11.3. The van der Waals surface area contributed by atoms with E-state index in [0.29, 0.717) is 23.5 Å². The summed E-state index contributed by atoms with van der Waals surface area (Å²) in [5.41, 5.74) is 3.73. The molecule has 0 bridgehead atoms. The van der Waals surface area contributed by atoms with Crippen LogP contribution in [0, 0.1) is 13.8 Å². The standard InChI is InChI=1S/C24H26N2O4S/c1-17-8-11-21(12-9-17)25-31(28,29)22-7-5-6-19(15-22)24(27)26(3)16-20-14-18(2)10-13-23(20)30-4/h5-15,25H,16H2,1-4H3. The summed E-state index contributed by atoms with van der Waals surface area (Å²) in [6, 6.07) is 18.9. The van der Waals surface area contributed by atoms with Gasteiger partial charge in [0.15, 0.2) is 0 Å². The highest BCUT2D eigenvalue weighted by Gasteiger charge is 2.19. The first kappa shape index (κ1) is 22.4. The Kier molecular flexibility index (Phi) is 6.65. The predicted molar refractivity (Wildman–Crippen MR) is 122 cm³/mol. The maximum atomic E-state index is 13.0. The van der Waals surface area contributed by atoms with Crippen LogP contribution in [-0.2, 0) is 16.6 Å². The quantitative estimate of drug-likeness (QED) is 0.594. The van der Waals surface area contributed by atoms with Crippen LogP contribution < -0.4 is 9.46 Å². The lowest BCUT2D eigenvalue weighted by Crippen LogP contribution is -2.26. The van der Waals surface area contributed by atoms with E-state index >= 15 is 0 Å². The first-order valence-electron chi connectivity index (χ1n) is 9.78. The summed E-state index contributed by atoms with van der Waals surface area (Å²) < 4.78 is 33.5. The van der Waals surface area contributed by atoms with Gasteiger partial charge in [-0.05, 0) is 50.2 Å². The van der Waals surface area contributed by atoms with Gasteiger partial charge in [-0.15, -0.1) is 0 Å². The molecule has 3 rings (SSSR count). The Hall–Kier alpha value is -3.32. The van der Waals surface area contributed by atoms with Gasteiger partial charge in [0.2, 0.25) is 0 Å². The van der Waals surface area contributed by atoms with Crippen molar-refractivity contribution in [2.75, 3.05) is 18.9 Å². The number of methoxy groups -OCH3 is 1. The van der Waals surface area contributed by atoms with Crippen molar-refractivity contribution >= 4 is 21.6 Å². The second-order valence-corrected chi connectivity index (χ2v) is 9.16. The van der Waals surface area contributed by atoms with Gasteiger partial charge >= 0.3 is 0 Å². The SMILES string of the molecule is COc1ccc(C)cc1CN(C)C(=O)c1cccc(S(=O)(=O)Nc2ccc(C)cc2)c1. The Morgan fingerprint density at radius 1 is 0.968 bits per heavy atom. The van der Waals surface area contributed by atoms with Gasteiger partial charge in [0.05, 0.1) is 12.0 Å². The van der Waals surface area contributed by atoms with E-state index in [-0.39, 0.29) is 10.8 Å². The second-order valence-electron chi connectivity index (χ2n) is 7.48. The molecule has 0 heterocycles. The van der Waals surface area contributed by atoms with Crippen LogP contribution >= 0.6 is 0 Å². The number of hydrogen-bond donors (Lipinski definition) is 1. The fourth-order valence-corrected chi connectivity index (χ4v) is 4.31. The summed E-state index contributed by atoms with van der Waals surface area (Å²) in [5.74, 6) is 0.417. The zero-order valence-corrected chi connectivity index (χ0v) is 18.9. The van der Waals surface area contributed by atoms with Crippen LogP contribution in [0.4, 0.5) is 5.69 Å². The van der Waals surface area contributed by atoms with Crippen molar-refractivity contribution in [3.8, 4) is 5.75 Å². The van der Waals surface area contributed by atoms with Crippen molar-refractivity contribution in [3.63, 3.8) is 0 Å². The number of sulfonamides is 1. The number of amides is 1. The van der Waals surface area contributed by atoms with Gasteiger partial charge in [0, 0.05) is 30.4 Å². The number of benzene rings is 3. The molecule has 31 heavy (non-hydrogen) atoms. The minimum atomic E-state index is -3.82. The molecule has 162 valence electrons. The monoisotopic (exact) mass is 438 g/mol. The Morgan fingerprint density at radius 3 is 2.32 bits per heavy atom. The van der Waals surface area contributed by atoms with Crippen molar-refractivity contribution in [3.05, 3.63) is 89.0 Å². The third kappa shape index (κ3) is 5.44. The number of aryl methyl sites for hydroxylation is 2. The lowest BCUT2D eigenvalue weighted by Gasteiger charge is -2.20. The number of carbonyl (C=O) groups is 1. The van der Waals surface area contributed by atoms with E-state index in [1.165, 1.54) is 17.0 Å². The van der Waals surface area contributed by atoms with Crippen LogP contribution in [0.5, 0.6) is 5.75 Å². The van der Waals surface area contributed by atoms with Crippen LogP contribution in [-0.4, -0.2) is 33.4 Å². The number of nitrogens with zero attached hydrogens (tertiary/aromatic N) is 1. The Labute approximate surface area is 183 Å². The van der Waals surface area contributed by atoms with Crippen LogP contribution in [0.3, 0.4) is 0 Å². The average Bonchev–Trinajstić information content (AvgIpc) is 2.75. The van der Waals surface area contributed by atoms with Gasteiger partial charge < -0.3 is 9.64 Å². The van der Waals surface area contributed by atoms with Crippen LogP contribution in [0.2, 0.25) is 0 Å². The van der Waals surface area contributed by atoms with Gasteiger partial charge in [-0.1, -0.05) is 41.5 Å². The number of hydrogen-bond acceptors (Lipinski definition) is 4. The molecule has 3 aromatic carbocycles. The molecule has 0 aliphatic carbocycles. The number of carbonyl (C=O) groups excluding carboxylic acids is 1. The molecular weight excluding hydrogens is 412 g/mol. The van der Waals surface area contributed by atoms with E-state index in [9.17, 15) is 13.2 Å². The van der Waals surface area contributed by atoms with E-state index < -0.39 is 10.0 Å². The summed E-state index contributed by atoms with van der Waals surface area (Å²) >= 11 is 0. The van der Waals surface area contributed by atoms with E-state index in [4.69, 9.17) is 4.74 Å². The lowest BCUT2D eigenvalue weighted by atomic mass is 10.1. The molecule has 0 radical (unpaired) electrons. The summed E-state index contributed by atoms with van der Waals surface area (Å²) in [6.45, 7) is 4.23. The maximum Gasteiger partial charge on any atom is 0.261 e. The van der Waals surface area contributed by atoms with Gasteiger partial charge in [0.1, 0.15) is 5.75 Å². The number of rotatable bonds is 7. The molecule has 0 saturated heterocycles. The van der Waals surface area contributed by atoms with Crippen molar-refractivity contribution in [2.45, 2.75) is 25.3 Å². The maximum absolute atomic E-state index is 13.0. The smallest absolute Gasteiger partial charge is 0.261 e. The number of anilines is 1. The van der Waals surface area contributed by atoms with Crippen LogP contribution in [0.1, 0.15) is 27.0 Å². The minimum Gasteiger partial charge on any atom is -0.496 e. The van der Waals surface area contributed by atoms with Crippen LogP contribution in [0.15, 0.2) is 71.6 Å². The van der Waals surface area contributed by atoms with E-state index in [2.05, 4.69) is 4.72 Å². The molecule has 0 unspecified atom stereocenters. The Balaban J connectivity index is 1.81. The van der Waals surface area contributed by atoms with E-state index in [0.717, 1.165) is 16.7 Å². The third-order valence-corrected chi connectivity index (χ3v) is 6.26. The summed E-state index contributed by atoms with van der Waals surface area (Å²) in [7, 11) is -0.559. The van der Waals surface area contributed by atoms with Crippen molar-refractivity contribution in [1.29, 1.82) is 0 Å². The minimum absolute atomic E-state index is 0.0282. The largest absolute Gasteiger partial charge is 0.496 e. The average molecular weight is 439 g/mol. The topological polar surface area (TPSA) is 75.7 Å². The zero-order valence-electron chi connectivity index (χ0n) is 18.0. The van der Waals surface area contributed by atoms with Gasteiger partial charge in [-0.25, -0.2) is 8.42 Å². The second kappa shape index (κ2) is 9.22. The number of nitrogens with one attached hydrogen (secondary N) is 1. The lowest BCUT2D eigenvalue weighted by molar-refractivity contribution is 0.0784. The third-order valence-electron chi connectivity index (χ3n) is 4.89. The number of ether oxygens (including phenoxy) is 1. The van der Waals surface area contributed by atoms with E-state index in [1.807, 2.05) is 44.2 Å². The highest BCUT2D eigenvalue weighted by atomic mass is 32.2. The molecule has 0 aromatic heterocycles. The molecular formula is C24H26N2O4S. The summed E-state index contributed by atoms with van der Waals surface area (Å²) in [4.78, 5) is 14.5. The highest BCUT2D eigenvalue weighted by Crippen LogP contribution is 2.23. The fourth-order valence-electron chi connectivity index (χ4n) is 3.21. The molecule has 6 nitrogen and oxygen atoms in total. The summed E-state index contributed by atoms with van der Waals surface area (Å²) in [5, 5.41) is 0. The van der Waals surface area contributed by atoms with Crippen molar-refractivity contribution < 1.29 is 17.9 Å².